The van der Waals surface area contributed by atoms with E-state index in [-0.39, 0.29) is 0 Å². The van der Waals surface area contributed by atoms with Gasteiger partial charge in [-0.2, -0.15) is 0 Å². The zero-order chi connectivity index (χ0) is 45.1. The average Bonchev–Trinajstić information content (AvgIpc) is 4.04. The van der Waals surface area contributed by atoms with Crippen LogP contribution in [-0.4, -0.2) is 48.1 Å². The summed E-state index contributed by atoms with van der Waals surface area (Å²) in [4.78, 5) is 7.31. The van der Waals surface area contributed by atoms with E-state index < -0.39 is 0 Å². The molecule has 2 heterocycles. The van der Waals surface area contributed by atoms with Gasteiger partial charge in [-0.1, -0.05) is 109 Å². The first-order valence-corrected chi connectivity index (χ1v) is 25.5. The van der Waals surface area contributed by atoms with Gasteiger partial charge in [-0.05, 0) is 114 Å². The third-order valence-corrected chi connectivity index (χ3v) is 14.5. The summed E-state index contributed by atoms with van der Waals surface area (Å²) in [6.07, 6.45) is 17.4. The van der Waals surface area contributed by atoms with Crippen LogP contribution in [-0.2, 0) is 6.42 Å². The van der Waals surface area contributed by atoms with Crippen molar-refractivity contribution < 1.29 is 18.9 Å². The summed E-state index contributed by atoms with van der Waals surface area (Å²) in [5.41, 5.74) is 8.90. The first-order chi connectivity index (χ1) is 31.4. The Labute approximate surface area is 393 Å². The Hall–Kier alpha value is -4.92. The molecule has 0 saturated carbocycles. The molecular formula is C56H72N2O4S2. The molecule has 0 radical (unpaired) electrons. The zero-order valence-corrected chi connectivity index (χ0v) is 41.3. The van der Waals surface area contributed by atoms with Crippen molar-refractivity contribution in [3.63, 3.8) is 0 Å². The van der Waals surface area contributed by atoms with Crippen molar-refractivity contribution in [2.24, 2.45) is 0 Å². The summed E-state index contributed by atoms with van der Waals surface area (Å²) in [5, 5.41) is 3.60. The van der Waals surface area contributed by atoms with Crippen LogP contribution in [0.25, 0.3) is 41.8 Å². The number of benzene rings is 4. The zero-order valence-electron chi connectivity index (χ0n) is 39.7. The van der Waals surface area contributed by atoms with Gasteiger partial charge in [0.05, 0.1) is 28.4 Å². The smallest absolute Gasteiger partial charge is 0.126 e. The number of ether oxygens (including phenoxy) is 4. The Kier molecular flexibility index (Phi) is 19.4. The molecule has 6 rings (SSSR count). The molecular weight excluding hydrogens is 829 g/mol. The van der Waals surface area contributed by atoms with E-state index in [0.717, 1.165) is 81.1 Å². The molecule has 0 aliphatic heterocycles. The summed E-state index contributed by atoms with van der Waals surface area (Å²) in [6.45, 7) is 10.0. The van der Waals surface area contributed by atoms with E-state index in [1.165, 1.54) is 109 Å². The predicted octanol–water partition coefficient (Wildman–Crippen LogP) is 16.5. The Morgan fingerprint density at radius 2 is 0.828 bits per heavy atom. The van der Waals surface area contributed by atoms with E-state index in [1.54, 1.807) is 51.1 Å². The van der Waals surface area contributed by atoms with Gasteiger partial charge >= 0.3 is 0 Å². The molecule has 342 valence electrons. The van der Waals surface area contributed by atoms with Crippen LogP contribution >= 0.6 is 22.7 Å². The lowest BCUT2D eigenvalue weighted by atomic mass is 9.97. The predicted molar refractivity (Wildman–Crippen MR) is 277 cm³/mol. The largest absolute Gasteiger partial charge is 0.496 e. The van der Waals surface area contributed by atoms with Crippen LogP contribution in [0.2, 0.25) is 0 Å². The minimum atomic E-state index is 0.504. The van der Waals surface area contributed by atoms with Crippen molar-refractivity contribution in [1.82, 2.24) is 0 Å². The van der Waals surface area contributed by atoms with Gasteiger partial charge in [-0.25, -0.2) is 0 Å². The monoisotopic (exact) mass is 900 g/mol. The first kappa shape index (κ1) is 48.5. The van der Waals surface area contributed by atoms with Crippen molar-refractivity contribution in [2.45, 2.75) is 111 Å². The van der Waals surface area contributed by atoms with Crippen LogP contribution in [0.15, 0.2) is 97.1 Å². The quantitative estimate of drug-likeness (QED) is 0.0495. The summed E-state index contributed by atoms with van der Waals surface area (Å²) < 4.78 is 24.3. The van der Waals surface area contributed by atoms with E-state index in [4.69, 9.17) is 18.9 Å². The third-order valence-electron chi connectivity index (χ3n) is 12.2. The van der Waals surface area contributed by atoms with Gasteiger partial charge < -0.3 is 29.2 Å². The molecule has 1 N–H and O–H groups in total. The summed E-state index contributed by atoms with van der Waals surface area (Å²) in [5.74, 6) is 3.03. The number of nitrogens with zero attached hydrogens (tertiary/aromatic N) is 1. The normalized spacial score (nSPS) is 11.2. The van der Waals surface area contributed by atoms with Crippen molar-refractivity contribution in [3.8, 4) is 64.8 Å². The number of unbranched alkanes of at least 4 members (excludes halogenated alkanes) is 10. The number of nitrogens with one attached hydrogen (secondary N) is 1. The molecule has 2 aromatic heterocycles. The summed E-state index contributed by atoms with van der Waals surface area (Å²) in [7, 11) is 6.90. The molecule has 0 saturated heterocycles. The second kappa shape index (κ2) is 25.5. The van der Waals surface area contributed by atoms with Gasteiger partial charge in [0.1, 0.15) is 23.0 Å². The number of hydrogen-bond donors (Lipinski definition) is 1. The number of anilines is 2. The molecule has 0 unspecified atom stereocenters. The van der Waals surface area contributed by atoms with Gasteiger partial charge in [-0.15, -0.1) is 22.7 Å². The average molecular weight is 901 g/mol. The van der Waals surface area contributed by atoms with Crippen LogP contribution in [0.4, 0.5) is 11.4 Å². The maximum absolute atomic E-state index is 6.09. The molecule has 0 aliphatic rings. The minimum absolute atomic E-state index is 0.504. The number of hydrogen-bond acceptors (Lipinski definition) is 8. The lowest BCUT2D eigenvalue weighted by Crippen LogP contribution is -2.25. The van der Waals surface area contributed by atoms with Gasteiger partial charge in [0.15, 0.2) is 0 Å². The Balaban J connectivity index is 1.15. The summed E-state index contributed by atoms with van der Waals surface area (Å²) in [6, 6.07) is 35.3. The van der Waals surface area contributed by atoms with Crippen LogP contribution in [0, 0.1) is 0 Å². The molecule has 64 heavy (non-hydrogen) atoms. The highest BCUT2D eigenvalue weighted by Crippen LogP contribution is 2.45. The Bertz CT molecular complexity index is 2240. The highest BCUT2D eigenvalue weighted by Gasteiger charge is 2.22. The fraction of sp³-hybridized carbons (Fsp3) is 0.429. The van der Waals surface area contributed by atoms with Crippen molar-refractivity contribution in [1.29, 1.82) is 0 Å². The second-order valence-corrected chi connectivity index (χ2v) is 19.0. The van der Waals surface area contributed by atoms with E-state index in [0.29, 0.717) is 6.42 Å². The number of methoxy groups -OCH3 is 4. The Morgan fingerprint density at radius 1 is 0.422 bits per heavy atom. The molecule has 0 amide bonds. The second-order valence-electron chi connectivity index (χ2n) is 16.8. The fourth-order valence-corrected chi connectivity index (χ4v) is 10.5. The number of thiophene rings is 2. The van der Waals surface area contributed by atoms with E-state index in [2.05, 4.69) is 128 Å². The maximum Gasteiger partial charge on any atom is 0.126 e. The van der Waals surface area contributed by atoms with Crippen LogP contribution in [0.5, 0.6) is 23.0 Å². The van der Waals surface area contributed by atoms with Crippen LogP contribution in [0.1, 0.15) is 115 Å². The van der Waals surface area contributed by atoms with Crippen LogP contribution in [0.3, 0.4) is 0 Å². The van der Waals surface area contributed by atoms with E-state index in [1.807, 2.05) is 0 Å². The molecule has 4 aromatic carbocycles. The maximum atomic E-state index is 6.09. The highest BCUT2D eigenvalue weighted by molar-refractivity contribution is 7.19. The third kappa shape index (κ3) is 13.1. The standard InChI is InChI=1S/C56H72N2O4S2/c1-8-11-13-15-17-19-33-57-45-25-21-41(22-26-45)53-29-31-55(63-53)43-36-49(59-4)47(50(37-43)60-5)40-48-51(61-6)38-44(39-52(48)62-7)56-32-30-54(64-56)42-23-27-46(28-24-42)58(34-10-3)35-20-18-16-14-12-9-2/h21-32,36-39,57H,8-20,33-35,40H2,1-7H3. The SMILES string of the molecule is CCCCCCCCNc1ccc(-c2ccc(-c3cc(OC)c(Cc4c(OC)cc(-c5ccc(-c6ccc(N(CCC)CCCCCCCC)cc6)s5)cc4OC)c(OC)c3)s2)cc1. The van der Waals surface area contributed by atoms with E-state index >= 15 is 0 Å². The van der Waals surface area contributed by atoms with Gasteiger partial charge in [0, 0.05) is 68.1 Å². The lowest BCUT2D eigenvalue weighted by Gasteiger charge is -2.24. The van der Waals surface area contributed by atoms with Crippen LogP contribution < -0.4 is 29.2 Å². The molecule has 6 nitrogen and oxygen atoms in total. The van der Waals surface area contributed by atoms with Crippen molar-refractivity contribution in [3.05, 3.63) is 108 Å². The molecule has 0 bridgehead atoms. The highest BCUT2D eigenvalue weighted by atomic mass is 32.1. The molecule has 0 spiro atoms. The molecule has 0 fully saturated rings. The van der Waals surface area contributed by atoms with Crippen molar-refractivity contribution in [2.75, 3.05) is 58.3 Å². The summed E-state index contributed by atoms with van der Waals surface area (Å²) >= 11 is 3.56. The minimum Gasteiger partial charge on any atom is -0.496 e. The molecule has 0 aliphatic carbocycles. The molecule has 8 heteroatoms. The lowest BCUT2D eigenvalue weighted by molar-refractivity contribution is 0.378. The van der Waals surface area contributed by atoms with Gasteiger partial charge in [0.2, 0.25) is 0 Å². The topological polar surface area (TPSA) is 52.2 Å². The van der Waals surface area contributed by atoms with Crippen molar-refractivity contribution >= 4 is 34.0 Å². The Morgan fingerprint density at radius 3 is 1.27 bits per heavy atom. The molecule has 0 atom stereocenters. The van der Waals surface area contributed by atoms with Gasteiger partial charge in [0.25, 0.3) is 0 Å². The van der Waals surface area contributed by atoms with E-state index in [9.17, 15) is 0 Å². The fourth-order valence-electron chi connectivity index (χ4n) is 8.52. The first-order valence-electron chi connectivity index (χ1n) is 23.8. The number of rotatable bonds is 28. The molecule has 6 aromatic rings. The van der Waals surface area contributed by atoms with Gasteiger partial charge in [-0.3, -0.25) is 0 Å².